The standard InChI is InChI=1S/C42H50ClN7O5/c1-26-27(22-35(52)37-44-31-24-50(20-21-51)18-11-33(31)47(37)2)6-4-7-28(26)29-8-5-9-30(36(29)43)46-39(53)38-45-32-23-49(17-10-34(32)48(38)3)19-16-41-12-14-42(25-41,15-13-41)40(54)55/h4-9,51H,10-25H2,1-3H3,(H,46,53)(H,54,55). The van der Waals surface area contributed by atoms with Gasteiger partial charge in [0.25, 0.3) is 5.91 Å². The number of aliphatic hydroxyl groups excluding tert-OH is 1. The first kappa shape index (κ1) is 37.6. The lowest BCUT2D eigenvalue weighted by molar-refractivity contribution is -0.148. The minimum Gasteiger partial charge on any atom is -0.481 e. The number of carboxylic acids is 1. The molecule has 1 amide bonds. The summed E-state index contributed by atoms with van der Waals surface area (Å²) < 4.78 is 3.81. The number of nitrogens with zero attached hydrogens (tertiary/aromatic N) is 6. The lowest BCUT2D eigenvalue weighted by Crippen LogP contribution is -2.34. The summed E-state index contributed by atoms with van der Waals surface area (Å²) in [6.07, 6.45) is 7.16. The van der Waals surface area contributed by atoms with E-state index in [0.29, 0.717) is 42.0 Å². The number of hydrogen-bond donors (Lipinski definition) is 3. The Labute approximate surface area is 326 Å². The Hall–Kier alpha value is -4.36. The molecule has 12 nitrogen and oxygen atoms in total. The molecule has 0 spiro atoms. The molecule has 0 atom stereocenters. The van der Waals surface area contributed by atoms with Crippen LogP contribution in [0.2, 0.25) is 5.02 Å². The summed E-state index contributed by atoms with van der Waals surface area (Å²) in [5, 5.41) is 22.6. The van der Waals surface area contributed by atoms with Crippen molar-refractivity contribution in [3.63, 3.8) is 0 Å². The van der Waals surface area contributed by atoms with Gasteiger partial charge in [0.05, 0.1) is 34.1 Å². The van der Waals surface area contributed by atoms with Gasteiger partial charge in [-0.1, -0.05) is 41.9 Å². The lowest BCUT2D eigenvalue weighted by atomic mass is 9.80. The number of ketones is 1. The van der Waals surface area contributed by atoms with E-state index in [0.717, 1.165) is 116 Å². The van der Waals surface area contributed by atoms with E-state index in [9.17, 15) is 24.6 Å². The number of hydrogen-bond acceptors (Lipinski definition) is 8. The first-order valence-electron chi connectivity index (χ1n) is 19.5. The Morgan fingerprint density at radius 2 is 1.47 bits per heavy atom. The second-order valence-electron chi connectivity index (χ2n) is 16.4. The third-order valence-corrected chi connectivity index (χ3v) is 13.7. The van der Waals surface area contributed by atoms with Crippen LogP contribution in [0.15, 0.2) is 36.4 Å². The molecule has 2 saturated carbocycles. The van der Waals surface area contributed by atoms with Gasteiger partial charge in [-0.05, 0) is 80.2 Å². The number of benzene rings is 2. The van der Waals surface area contributed by atoms with Crippen molar-refractivity contribution < 1.29 is 24.6 Å². The maximum absolute atomic E-state index is 13.8. The Morgan fingerprint density at radius 1 is 0.855 bits per heavy atom. The molecule has 4 aliphatic rings. The number of amides is 1. The molecule has 4 aromatic rings. The van der Waals surface area contributed by atoms with Crippen LogP contribution < -0.4 is 5.32 Å². The zero-order valence-electron chi connectivity index (χ0n) is 32.0. The van der Waals surface area contributed by atoms with Gasteiger partial charge in [0, 0.05) is 83.0 Å². The SMILES string of the molecule is Cc1c(CC(=O)c2nc3c(n2C)CCN(CCO)C3)cccc1-c1cccc(NC(=O)c2nc3c(n2C)CCN(CCC24CCC(C(=O)O)(CC2)C4)C3)c1Cl. The van der Waals surface area contributed by atoms with Crippen LogP contribution in [0.5, 0.6) is 0 Å². The number of fused-ring (bicyclic) bond motifs is 4. The molecule has 2 fully saturated rings. The number of rotatable bonds is 12. The predicted octanol–water partition coefficient (Wildman–Crippen LogP) is 5.59. The van der Waals surface area contributed by atoms with Gasteiger partial charge in [0.2, 0.25) is 5.78 Å². The number of aliphatic hydroxyl groups is 1. The average molecular weight is 768 g/mol. The number of halogens is 1. The number of aliphatic carboxylic acids is 1. The number of carbonyl (C=O) groups excluding carboxylic acids is 2. The topological polar surface area (TPSA) is 146 Å². The molecule has 290 valence electrons. The van der Waals surface area contributed by atoms with Gasteiger partial charge in [0.15, 0.2) is 11.6 Å². The van der Waals surface area contributed by atoms with Gasteiger partial charge in [-0.2, -0.15) is 0 Å². The Kier molecular flexibility index (Phi) is 9.98. The van der Waals surface area contributed by atoms with E-state index in [2.05, 4.69) is 15.1 Å². The van der Waals surface area contributed by atoms with E-state index >= 15 is 0 Å². The van der Waals surface area contributed by atoms with Crippen molar-refractivity contribution >= 4 is 34.9 Å². The summed E-state index contributed by atoms with van der Waals surface area (Å²) in [5.74, 6) is -0.246. The molecule has 2 bridgehead atoms. The second-order valence-corrected chi connectivity index (χ2v) is 16.8. The molecule has 2 aliphatic heterocycles. The third kappa shape index (κ3) is 6.81. The van der Waals surface area contributed by atoms with Gasteiger partial charge in [-0.15, -0.1) is 0 Å². The van der Waals surface area contributed by atoms with E-state index < -0.39 is 11.4 Å². The zero-order valence-corrected chi connectivity index (χ0v) is 32.7. The summed E-state index contributed by atoms with van der Waals surface area (Å²) in [5.41, 5.74) is 7.48. The van der Waals surface area contributed by atoms with Crippen molar-refractivity contribution in [3.8, 4) is 11.1 Å². The molecule has 8 rings (SSSR count). The summed E-state index contributed by atoms with van der Waals surface area (Å²) in [6.45, 7) is 6.56. The molecule has 2 aliphatic carbocycles. The van der Waals surface area contributed by atoms with Crippen LogP contribution in [0.25, 0.3) is 11.1 Å². The van der Waals surface area contributed by atoms with Crippen molar-refractivity contribution in [2.75, 3.05) is 38.1 Å². The number of anilines is 1. The first-order valence-corrected chi connectivity index (χ1v) is 19.9. The molecule has 0 saturated heterocycles. The summed E-state index contributed by atoms with van der Waals surface area (Å²) in [7, 11) is 3.79. The van der Waals surface area contributed by atoms with E-state index in [-0.39, 0.29) is 30.1 Å². The fourth-order valence-corrected chi connectivity index (χ4v) is 10.2. The van der Waals surface area contributed by atoms with Crippen LogP contribution in [0.1, 0.15) is 93.7 Å². The number of nitrogens with one attached hydrogen (secondary N) is 1. The molecule has 4 heterocycles. The highest BCUT2D eigenvalue weighted by atomic mass is 35.5. The quantitative estimate of drug-likeness (QED) is 0.157. The van der Waals surface area contributed by atoms with Crippen LogP contribution in [0, 0.1) is 17.8 Å². The maximum atomic E-state index is 13.8. The van der Waals surface area contributed by atoms with Crippen molar-refractivity contribution in [2.24, 2.45) is 24.9 Å². The molecule has 0 radical (unpaired) electrons. The van der Waals surface area contributed by atoms with Crippen molar-refractivity contribution in [2.45, 2.75) is 77.8 Å². The number of β-amino-alcohol motifs (C(OH)–C–C–N with tert-alkyl or cyclic N) is 1. The van der Waals surface area contributed by atoms with Crippen molar-refractivity contribution in [1.29, 1.82) is 0 Å². The molecule has 0 unspecified atom stereocenters. The molecule has 55 heavy (non-hydrogen) atoms. The number of imidazole rings is 2. The van der Waals surface area contributed by atoms with E-state index in [4.69, 9.17) is 21.6 Å². The van der Waals surface area contributed by atoms with Gasteiger partial charge >= 0.3 is 5.97 Å². The first-order chi connectivity index (χ1) is 26.4. The van der Waals surface area contributed by atoms with Gasteiger partial charge in [0.1, 0.15) is 0 Å². The largest absolute Gasteiger partial charge is 0.481 e. The molecule has 2 aromatic carbocycles. The maximum Gasteiger partial charge on any atom is 0.309 e. The molecule has 13 heteroatoms. The number of carbonyl (C=O) groups is 3. The molecular weight excluding hydrogens is 718 g/mol. The summed E-state index contributed by atoms with van der Waals surface area (Å²) >= 11 is 7.03. The van der Waals surface area contributed by atoms with E-state index in [1.165, 1.54) is 0 Å². The smallest absolute Gasteiger partial charge is 0.309 e. The number of carboxylic acid groups (broad SMARTS) is 1. The molecule has 2 aromatic heterocycles. The van der Waals surface area contributed by atoms with Crippen LogP contribution in [-0.2, 0) is 51.2 Å². The lowest BCUT2D eigenvalue weighted by Gasteiger charge is -2.32. The highest BCUT2D eigenvalue weighted by molar-refractivity contribution is 6.36. The normalized spacial score (nSPS) is 22.1. The fraction of sp³-hybridized carbons (Fsp3) is 0.500. The van der Waals surface area contributed by atoms with Gasteiger partial charge < -0.3 is 24.7 Å². The monoisotopic (exact) mass is 767 g/mol. The Bertz CT molecular complexity index is 2180. The third-order valence-electron chi connectivity index (χ3n) is 13.3. The van der Waals surface area contributed by atoms with Gasteiger partial charge in [-0.25, -0.2) is 9.97 Å². The minimum absolute atomic E-state index is 0.0620. The van der Waals surface area contributed by atoms with Crippen LogP contribution in [-0.4, -0.2) is 89.6 Å². The Balaban J connectivity index is 0.942. The highest BCUT2D eigenvalue weighted by Gasteiger charge is 2.57. The van der Waals surface area contributed by atoms with Crippen LogP contribution in [0.3, 0.4) is 0 Å². The number of Topliss-reactive ketones (excluding diaryl/α,β-unsaturated/α-hetero) is 1. The second kappa shape index (κ2) is 14.6. The number of aromatic nitrogens is 4. The van der Waals surface area contributed by atoms with Crippen molar-refractivity contribution in [3.05, 3.63) is 87.0 Å². The fourth-order valence-electron chi connectivity index (χ4n) is 9.93. The summed E-state index contributed by atoms with van der Waals surface area (Å²) in [6, 6.07) is 11.4. The predicted molar refractivity (Wildman–Crippen MR) is 209 cm³/mol. The van der Waals surface area contributed by atoms with Crippen LogP contribution >= 0.6 is 11.6 Å². The summed E-state index contributed by atoms with van der Waals surface area (Å²) in [4.78, 5) is 53.5. The Morgan fingerprint density at radius 3 is 2.13 bits per heavy atom. The molecule has 3 N–H and O–H groups in total. The van der Waals surface area contributed by atoms with E-state index in [1.807, 2.05) is 60.5 Å². The average Bonchev–Trinajstić information content (AvgIpc) is 3.93. The van der Waals surface area contributed by atoms with Gasteiger partial charge in [-0.3, -0.25) is 24.2 Å². The minimum atomic E-state index is -0.622. The van der Waals surface area contributed by atoms with E-state index in [1.54, 1.807) is 6.07 Å². The van der Waals surface area contributed by atoms with Crippen LogP contribution in [0.4, 0.5) is 5.69 Å². The zero-order chi connectivity index (χ0) is 38.6. The van der Waals surface area contributed by atoms with Crippen molar-refractivity contribution in [1.82, 2.24) is 28.9 Å². The molecular formula is C42H50ClN7O5. The highest BCUT2D eigenvalue weighted by Crippen LogP contribution is 2.63.